The fraction of sp³-hybridized carbons (Fsp3) is 0.333. The predicted octanol–water partition coefficient (Wildman–Crippen LogP) is 2.81. The number of aromatic nitrogens is 4. The van der Waals surface area contributed by atoms with Gasteiger partial charge in [-0.2, -0.15) is 0 Å². The molecule has 0 spiro atoms. The maximum absolute atomic E-state index is 14.5. The van der Waals surface area contributed by atoms with Crippen LogP contribution >= 0.6 is 11.6 Å². The van der Waals surface area contributed by atoms with Gasteiger partial charge in [-0.3, -0.25) is 4.79 Å². The molecule has 4 rings (SSSR count). The maximum atomic E-state index is 14.5. The number of rotatable bonds is 5. The summed E-state index contributed by atoms with van der Waals surface area (Å²) in [5.74, 6) is -1.39. The molecule has 2 N–H and O–H groups in total. The van der Waals surface area contributed by atoms with Crippen molar-refractivity contribution in [1.29, 1.82) is 0 Å². The number of carbonyl (C=O) groups is 1. The second kappa shape index (κ2) is 7.86. The topological polar surface area (TPSA) is 86.8 Å². The van der Waals surface area contributed by atoms with E-state index in [-0.39, 0.29) is 31.2 Å². The van der Waals surface area contributed by atoms with Crippen molar-refractivity contribution in [1.82, 2.24) is 25.3 Å². The number of nitrogens with zero attached hydrogens (tertiary/aromatic N) is 4. The summed E-state index contributed by atoms with van der Waals surface area (Å²) in [4.78, 5) is 28.9. The number of amides is 1. The van der Waals surface area contributed by atoms with Crippen molar-refractivity contribution in [2.75, 3.05) is 24.7 Å². The molecule has 0 saturated carbocycles. The van der Waals surface area contributed by atoms with E-state index in [4.69, 9.17) is 11.6 Å². The van der Waals surface area contributed by atoms with Crippen molar-refractivity contribution >= 4 is 34.4 Å². The number of H-pyrrole nitrogens is 1. The van der Waals surface area contributed by atoms with Gasteiger partial charge in [0.25, 0.3) is 0 Å². The molecule has 7 nitrogen and oxygen atoms in total. The van der Waals surface area contributed by atoms with E-state index in [1.165, 1.54) is 11.1 Å². The highest BCUT2D eigenvalue weighted by molar-refractivity contribution is 6.31. The van der Waals surface area contributed by atoms with E-state index >= 15 is 0 Å². The SMILES string of the molecule is O=C(NCCF)[C@H]1C[C@H](F)CN1c1nc(-c2c[nH]c3ncc(Cl)cc23)ncc1F. The van der Waals surface area contributed by atoms with E-state index in [2.05, 4.69) is 25.3 Å². The standard InChI is InChI=1S/C18H16ClF3N6O/c19-9-3-11-12(6-25-15(11)24-5-9)16-26-7-13(22)17(27-16)28-8-10(21)4-14(28)18(29)23-2-1-20/h3,5-7,10,14H,1-2,4,8H2,(H,23,29)(H,24,25)/t10-,14+/m0/s1. The van der Waals surface area contributed by atoms with E-state index in [1.54, 1.807) is 12.3 Å². The minimum atomic E-state index is -1.34. The van der Waals surface area contributed by atoms with Gasteiger partial charge in [-0.25, -0.2) is 28.1 Å². The molecule has 3 aromatic rings. The summed E-state index contributed by atoms with van der Waals surface area (Å²) in [6.45, 7) is -1.15. The molecule has 3 aromatic heterocycles. The third kappa shape index (κ3) is 3.71. The summed E-state index contributed by atoms with van der Waals surface area (Å²) >= 11 is 6.01. The van der Waals surface area contributed by atoms with Crippen LogP contribution in [0.3, 0.4) is 0 Å². The second-order valence-electron chi connectivity index (χ2n) is 6.60. The number of carbonyl (C=O) groups excluding carboxylic acids is 1. The maximum Gasteiger partial charge on any atom is 0.242 e. The number of aromatic amines is 1. The van der Waals surface area contributed by atoms with Gasteiger partial charge in [0.2, 0.25) is 5.91 Å². The lowest BCUT2D eigenvalue weighted by molar-refractivity contribution is -0.122. The van der Waals surface area contributed by atoms with Gasteiger partial charge in [-0.1, -0.05) is 11.6 Å². The fourth-order valence-electron chi connectivity index (χ4n) is 3.41. The minimum absolute atomic E-state index is 0.135. The number of pyridine rings is 1. The first-order valence-corrected chi connectivity index (χ1v) is 9.25. The summed E-state index contributed by atoms with van der Waals surface area (Å²) in [5.41, 5.74) is 1.08. The number of anilines is 1. The van der Waals surface area contributed by atoms with E-state index in [1.807, 2.05) is 0 Å². The Balaban J connectivity index is 1.72. The predicted molar refractivity (Wildman–Crippen MR) is 102 cm³/mol. The number of nitrogens with one attached hydrogen (secondary N) is 2. The van der Waals surface area contributed by atoms with Crippen LogP contribution in [0.4, 0.5) is 19.0 Å². The highest BCUT2D eigenvalue weighted by Crippen LogP contribution is 2.32. The normalized spacial score (nSPS) is 19.1. The summed E-state index contributed by atoms with van der Waals surface area (Å²) in [5, 5.41) is 3.41. The number of halogens is 4. The minimum Gasteiger partial charge on any atom is -0.352 e. The van der Waals surface area contributed by atoms with Crippen molar-refractivity contribution in [3.05, 3.63) is 35.5 Å². The third-order valence-corrected chi connectivity index (χ3v) is 4.89. The average molecular weight is 425 g/mol. The molecule has 4 heterocycles. The summed E-state index contributed by atoms with van der Waals surface area (Å²) in [6.07, 6.45) is 2.58. The summed E-state index contributed by atoms with van der Waals surface area (Å²) in [6, 6.07) is 0.677. The van der Waals surface area contributed by atoms with E-state index in [9.17, 15) is 18.0 Å². The van der Waals surface area contributed by atoms with Gasteiger partial charge in [0.15, 0.2) is 17.5 Å². The first kappa shape index (κ1) is 19.4. The molecule has 11 heteroatoms. The zero-order chi connectivity index (χ0) is 20.5. The molecule has 0 bridgehead atoms. The van der Waals surface area contributed by atoms with Crippen molar-refractivity contribution < 1.29 is 18.0 Å². The molecule has 29 heavy (non-hydrogen) atoms. The molecule has 1 saturated heterocycles. The van der Waals surface area contributed by atoms with Crippen molar-refractivity contribution in [3.8, 4) is 11.4 Å². The first-order valence-electron chi connectivity index (χ1n) is 8.88. The van der Waals surface area contributed by atoms with Crippen LogP contribution in [0.25, 0.3) is 22.4 Å². The highest BCUT2D eigenvalue weighted by Gasteiger charge is 2.39. The number of alkyl halides is 2. The number of hydrogen-bond donors (Lipinski definition) is 2. The van der Waals surface area contributed by atoms with Gasteiger partial charge >= 0.3 is 0 Å². The van der Waals surface area contributed by atoms with Crippen LogP contribution in [0.2, 0.25) is 5.02 Å². The van der Waals surface area contributed by atoms with E-state index in [0.717, 1.165) is 6.20 Å². The molecular formula is C18H16ClF3N6O. The second-order valence-corrected chi connectivity index (χ2v) is 7.03. The molecule has 1 aliphatic heterocycles. The van der Waals surface area contributed by atoms with Crippen LogP contribution in [-0.2, 0) is 4.79 Å². The van der Waals surface area contributed by atoms with E-state index < -0.39 is 30.6 Å². The quantitative estimate of drug-likeness (QED) is 0.657. The molecule has 0 radical (unpaired) electrons. The van der Waals surface area contributed by atoms with Crippen molar-refractivity contribution in [3.63, 3.8) is 0 Å². The molecule has 0 unspecified atom stereocenters. The Morgan fingerprint density at radius 2 is 2.21 bits per heavy atom. The first-order chi connectivity index (χ1) is 14.0. The van der Waals surface area contributed by atoms with Crippen LogP contribution < -0.4 is 10.2 Å². The van der Waals surface area contributed by atoms with Crippen LogP contribution in [0.5, 0.6) is 0 Å². The van der Waals surface area contributed by atoms with Crippen LogP contribution in [-0.4, -0.2) is 57.8 Å². The van der Waals surface area contributed by atoms with Gasteiger partial charge in [0, 0.05) is 36.3 Å². The lowest BCUT2D eigenvalue weighted by atomic mass is 10.2. The monoisotopic (exact) mass is 424 g/mol. The molecular weight excluding hydrogens is 409 g/mol. The third-order valence-electron chi connectivity index (χ3n) is 4.68. The van der Waals surface area contributed by atoms with Crippen molar-refractivity contribution in [2.45, 2.75) is 18.6 Å². The Morgan fingerprint density at radius 3 is 3.00 bits per heavy atom. The molecule has 0 aliphatic carbocycles. The van der Waals surface area contributed by atoms with Crippen molar-refractivity contribution in [2.24, 2.45) is 0 Å². The summed E-state index contributed by atoms with van der Waals surface area (Å²) in [7, 11) is 0. The fourth-order valence-corrected chi connectivity index (χ4v) is 3.57. The molecule has 1 fully saturated rings. The lowest BCUT2D eigenvalue weighted by Gasteiger charge is -2.24. The molecule has 0 aromatic carbocycles. The molecule has 2 atom stereocenters. The highest BCUT2D eigenvalue weighted by atomic mass is 35.5. The largest absolute Gasteiger partial charge is 0.352 e. The van der Waals surface area contributed by atoms with Crippen LogP contribution in [0, 0.1) is 5.82 Å². The van der Waals surface area contributed by atoms with Gasteiger partial charge < -0.3 is 15.2 Å². The van der Waals surface area contributed by atoms with Crippen LogP contribution in [0.15, 0.2) is 24.7 Å². The average Bonchev–Trinajstić information content (AvgIpc) is 3.30. The molecule has 1 aliphatic rings. The Kier molecular flexibility index (Phi) is 5.27. The number of fused-ring (bicyclic) bond motifs is 1. The van der Waals surface area contributed by atoms with Crippen LogP contribution in [0.1, 0.15) is 6.42 Å². The van der Waals surface area contributed by atoms with Gasteiger partial charge in [-0.05, 0) is 6.07 Å². The van der Waals surface area contributed by atoms with Gasteiger partial charge in [-0.15, -0.1) is 0 Å². The zero-order valence-electron chi connectivity index (χ0n) is 15.0. The summed E-state index contributed by atoms with van der Waals surface area (Å²) < 4.78 is 41.0. The number of hydrogen-bond acceptors (Lipinski definition) is 5. The Hall–Kier alpha value is -2.88. The lowest BCUT2D eigenvalue weighted by Crippen LogP contribution is -2.44. The Bertz CT molecular complexity index is 1060. The van der Waals surface area contributed by atoms with Gasteiger partial charge in [0.1, 0.15) is 24.5 Å². The Morgan fingerprint density at radius 1 is 1.38 bits per heavy atom. The smallest absolute Gasteiger partial charge is 0.242 e. The molecule has 1 amide bonds. The zero-order valence-corrected chi connectivity index (χ0v) is 15.8. The van der Waals surface area contributed by atoms with E-state index in [0.29, 0.717) is 21.6 Å². The molecule has 152 valence electrons. The van der Waals surface area contributed by atoms with Gasteiger partial charge in [0.05, 0.1) is 17.8 Å². The Labute approximate surface area is 168 Å².